The van der Waals surface area contributed by atoms with Crippen molar-refractivity contribution in [2.45, 2.75) is 26.7 Å². The Morgan fingerprint density at radius 1 is 1.15 bits per heavy atom. The quantitative estimate of drug-likeness (QED) is 0.278. The summed E-state index contributed by atoms with van der Waals surface area (Å²) < 4.78 is 11.5. The number of pyridine rings is 1. The topological polar surface area (TPSA) is 89.3 Å². The van der Waals surface area contributed by atoms with Gasteiger partial charge in [-0.3, -0.25) is 10.1 Å². The summed E-state index contributed by atoms with van der Waals surface area (Å²) in [5.74, 6) is 0.854. The lowest BCUT2D eigenvalue weighted by Crippen LogP contribution is -2.34. The van der Waals surface area contributed by atoms with E-state index in [2.05, 4.69) is 27.5 Å². The van der Waals surface area contributed by atoms with Crippen LogP contribution >= 0.6 is 12.2 Å². The van der Waals surface area contributed by atoms with Gasteiger partial charge in [0.1, 0.15) is 5.75 Å². The van der Waals surface area contributed by atoms with Gasteiger partial charge in [-0.25, -0.2) is 4.98 Å². The van der Waals surface area contributed by atoms with E-state index in [0.29, 0.717) is 35.0 Å². The van der Waals surface area contributed by atoms with Crippen LogP contribution in [0.2, 0.25) is 0 Å². The van der Waals surface area contributed by atoms with Crippen molar-refractivity contribution in [2.24, 2.45) is 0 Å². The molecule has 1 amide bonds. The van der Waals surface area contributed by atoms with Crippen molar-refractivity contribution < 1.29 is 13.9 Å². The van der Waals surface area contributed by atoms with Crippen LogP contribution in [0.4, 0.5) is 5.69 Å². The molecular formula is C25H24N4O3S. The number of hydrogen-bond donors (Lipinski definition) is 2. The van der Waals surface area contributed by atoms with E-state index in [1.807, 2.05) is 37.3 Å². The number of carbonyl (C=O) groups excluding carboxylic acids is 1. The molecule has 4 aromatic rings. The first-order valence-electron chi connectivity index (χ1n) is 10.7. The van der Waals surface area contributed by atoms with Gasteiger partial charge < -0.3 is 14.5 Å². The lowest BCUT2D eigenvalue weighted by Gasteiger charge is -2.13. The Balaban J connectivity index is 1.40. The molecule has 0 unspecified atom stereocenters. The maximum absolute atomic E-state index is 12.6. The SMILES string of the molecule is CCCCOc1cccc(C(=O)NC(=S)Nc2ccc(-c3nc4ncccc4o3)cc2C)c1. The van der Waals surface area contributed by atoms with Gasteiger partial charge in [-0.1, -0.05) is 19.4 Å². The minimum atomic E-state index is -0.304. The highest BCUT2D eigenvalue weighted by Crippen LogP contribution is 2.26. The largest absolute Gasteiger partial charge is 0.494 e. The van der Waals surface area contributed by atoms with Gasteiger partial charge in [0, 0.05) is 23.0 Å². The first-order chi connectivity index (χ1) is 16.0. The summed E-state index contributed by atoms with van der Waals surface area (Å²) in [5.41, 5.74) is 4.20. The molecule has 0 spiro atoms. The minimum absolute atomic E-state index is 0.208. The molecular weight excluding hydrogens is 436 g/mol. The molecule has 2 heterocycles. The highest BCUT2D eigenvalue weighted by atomic mass is 32.1. The first kappa shape index (κ1) is 22.4. The van der Waals surface area contributed by atoms with Crippen LogP contribution in [0.5, 0.6) is 5.75 Å². The molecule has 33 heavy (non-hydrogen) atoms. The molecule has 8 heteroatoms. The molecule has 2 N–H and O–H groups in total. The van der Waals surface area contributed by atoms with E-state index in [1.165, 1.54) is 0 Å². The number of aromatic nitrogens is 2. The van der Waals surface area contributed by atoms with Gasteiger partial charge in [-0.2, -0.15) is 4.98 Å². The zero-order valence-electron chi connectivity index (χ0n) is 18.4. The van der Waals surface area contributed by atoms with Crippen molar-refractivity contribution >= 4 is 40.2 Å². The number of benzene rings is 2. The molecule has 0 saturated carbocycles. The average Bonchev–Trinajstić information content (AvgIpc) is 3.25. The Morgan fingerprint density at radius 3 is 2.82 bits per heavy atom. The standard InChI is InChI=1S/C25H24N4O3S/c1-3-4-13-31-19-8-5-7-17(15-19)23(30)29-25(33)27-20-11-10-18(14-16(20)2)24-28-22-21(32-24)9-6-12-26-22/h5-12,14-15H,3-4,13H2,1-2H3,(H2,27,29,30,33). The van der Waals surface area contributed by atoms with E-state index in [-0.39, 0.29) is 11.0 Å². The average molecular weight is 461 g/mol. The fraction of sp³-hybridized carbons (Fsp3) is 0.200. The number of nitrogens with zero attached hydrogens (tertiary/aromatic N) is 2. The van der Waals surface area contributed by atoms with Crippen molar-refractivity contribution in [2.75, 3.05) is 11.9 Å². The number of unbranched alkanes of at least 4 members (excludes halogenated alkanes) is 1. The summed E-state index contributed by atoms with van der Waals surface area (Å²) >= 11 is 5.35. The molecule has 0 fully saturated rings. The van der Waals surface area contributed by atoms with Crippen molar-refractivity contribution in [1.82, 2.24) is 15.3 Å². The van der Waals surface area contributed by atoms with Gasteiger partial charge in [-0.05, 0) is 79.7 Å². The van der Waals surface area contributed by atoms with E-state index >= 15 is 0 Å². The van der Waals surface area contributed by atoms with Gasteiger partial charge in [0.25, 0.3) is 5.91 Å². The highest BCUT2D eigenvalue weighted by Gasteiger charge is 2.13. The fourth-order valence-corrected chi connectivity index (χ4v) is 3.42. The number of anilines is 1. The second-order valence-corrected chi connectivity index (χ2v) is 7.92. The van der Waals surface area contributed by atoms with Crippen LogP contribution in [0.1, 0.15) is 35.7 Å². The Hall–Kier alpha value is -3.78. The van der Waals surface area contributed by atoms with Gasteiger partial charge in [0.15, 0.2) is 16.3 Å². The molecule has 0 aliphatic rings. The van der Waals surface area contributed by atoms with Crippen LogP contribution in [-0.4, -0.2) is 27.6 Å². The number of hydrogen-bond acceptors (Lipinski definition) is 6. The highest BCUT2D eigenvalue weighted by molar-refractivity contribution is 7.80. The number of ether oxygens (including phenoxy) is 1. The zero-order chi connectivity index (χ0) is 23.2. The van der Waals surface area contributed by atoms with E-state index in [0.717, 1.165) is 29.7 Å². The van der Waals surface area contributed by atoms with Crippen LogP contribution in [0, 0.1) is 6.92 Å². The predicted octanol–water partition coefficient (Wildman–Crippen LogP) is 5.50. The first-order valence-corrected chi connectivity index (χ1v) is 11.1. The summed E-state index contributed by atoms with van der Waals surface area (Å²) in [6, 6.07) is 16.4. The Bertz CT molecular complexity index is 1270. The molecule has 0 atom stereocenters. The monoisotopic (exact) mass is 460 g/mol. The van der Waals surface area contributed by atoms with E-state index < -0.39 is 0 Å². The molecule has 2 aromatic heterocycles. The summed E-state index contributed by atoms with van der Waals surface area (Å²) in [4.78, 5) is 21.2. The number of oxazole rings is 1. The van der Waals surface area contributed by atoms with Crippen molar-refractivity contribution in [1.29, 1.82) is 0 Å². The molecule has 0 aliphatic carbocycles. The van der Waals surface area contributed by atoms with Crippen molar-refractivity contribution in [3.63, 3.8) is 0 Å². The van der Waals surface area contributed by atoms with Gasteiger partial charge in [-0.15, -0.1) is 0 Å². The second-order valence-electron chi connectivity index (χ2n) is 7.51. The third-order valence-corrected chi connectivity index (χ3v) is 5.18. The lowest BCUT2D eigenvalue weighted by atomic mass is 10.1. The molecule has 7 nitrogen and oxygen atoms in total. The Kier molecular flexibility index (Phi) is 6.95. The van der Waals surface area contributed by atoms with Crippen LogP contribution in [0.3, 0.4) is 0 Å². The summed E-state index contributed by atoms with van der Waals surface area (Å²) in [5, 5.41) is 6.00. The van der Waals surface area contributed by atoms with Crippen LogP contribution < -0.4 is 15.4 Å². The maximum atomic E-state index is 12.6. The summed E-state index contributed by atoms with van der Waals surface area (Å²) in [7, 11) is 0. The molecule has 2 aromatic carbocycles. The normalized spacial score (nSPS) is 10.7. The minimum Gasteiger partial charge on any atom is -0.494 e. The zero-order valence-corrected chi connectivity index (χ0v) is 19.2. The number of nitrogens with one attached hydrogen (secondary N) is 2. The molecule has 0 radical (unpaired) electrons. The van der Waals surface area contributed by atoms with Gasteiger partial charge in [0.2, 0.25) is 5.89 Å². The number of fused-ring (bicyclic) bond motifs is 1. The molecule has 0 aliphatic heterocycles. The van der Waals surface area contributed by atoms with E-state index in [1.54, 1.807) is 30.5 Å². The molecule has 0 bridgehead atoms. The van der Waals surface area contributed by atoms with Gasteiger partial charge in [0.05, 0.1) is 6.61 Å². The smallest absolute Gasteiger partial charge is 0.257 e. The third-order valence-electron chi connectivity index (χ3n) is 4.98. The van der Waals surface area contributed by atoms with Crippen LogP contribution in [-0.2, 0) is 0 Å². The number of aryl methyl sites for hydroxylation is 1. The maximum Gasteiger partial charge on any atom is 0.257 e. The predicted molar refractivity (Wildman–Crippen MR) is 133 cm³/mol. The van der Waals surface area contributed by atoms with Crippen molar-refractivity contribution in [3.05, 3.63) is 71.9 Å². The van der Waals surface area contributed by atoms with Crippen LogP contribution in [0.25, 0.3) is 22.7 Å². The molecule has 168 valence electrons. The molecule has 4 rings (SSSR count). The van der Waals surface area contributed by atoms with E-state index in [9.17, 15) is 4.79 Å². The lowest BCUT2D eigenvalue weighted by molar-refractivity contribution is 0.0977. The number of carbonyl (C=O) groups is 1. The summed E-state index contributed by atoms with van der Waals surface area (Å²) in [6.07, 6.45) is 3.69. The fourth-order valence-electron chi connectivity index (χ4n) is 3.22. The summed E-state index contributed by atoms with van der Waals surface area (Å²) in [6.45, 7) is 4.66. The van der Waals surface area contributed by atoms with Crippen molar-refractivity contribution in [3.8, 4) is 17.2 Å². The second kappa shape index (κ2) is 10.2. The Labute approximate surface area is 197 Å². The van der Waals surface area contributed by atoms with E-state index in [4.69, 9.17) is 21.4 Å². The van der Waals surface area contributed by atoms with Crippen LogP contribution in [0.15, 0.2) is 65.2 Å². The Morgan fingerprint density at radius 2 is 2.03 bits per heavy atom. The number of amides is 1. The molecule has 0 saturated heterocycles. The number of rotatable bonds is 7. The number of thiocarbonyl (C=S) groups is 1. The third kappa shape index (κ3) is 5.53. The van der Waals surface area contributed by atoms with Gasteiger partial charge >= 0.3 is 0 Å².